The van der Waals surface area contributed by atoms with Crippen LogP contribution in [0, 0.1) is 5.92 Å². The average molecular weight is 338 g/mol. The molecule has 1 saturated carbocycles. The molecule has 6 heteroatoms. The topological polar surface area (TPSA) is 75.4 Å². The van der Waals surface area contributed by atoms with Crippen LogP contribution in [0.1, 0.15) is 32.1 Å². The molecule has 0 aromatic heterocycles. The van der Waals surface area contributed by atoms with Crippen LogP contribution in [0.3, 0.4) is 0 Å². The van der Waals surface area contributed by atoms with Gasteiger partial charge in [0, 0.05) is 24.2 Å². The number of nitrogens with zero attached hydrogens (tertiary/aromatic N) is 1. The predicted octanol–water partition coefficient (Wildman–Crippen LogP) is 1.85. The third-order valence-electron chi connectivity index (χ3n) is 4.67. The minimum Gasteiger partial charge on any atom is -0.344 e. The van der Waals surface area contributed by atoms with Gasteiger partial charge in [0.2, 0.25) is 11.8 Å². The van der Waals surface area contributed by atoms with Gasteiger partial charge >= 0.3 is 0 Å². The average Bonchev–Trinajstić information content (AvgIpc) is 2.97. The maximum Gasteiger partial charge on any atom is 0.249 e. The van der Waals surface area contributed by atoms with Crippen molar-refractivity contribution in [3.8, 4) is 0 Å². The standard InChI is InChI=1S/C17H23N3O2.ClH/c18-13-9-8-12(11-13)16(21)19-15-7-4-10-20(17(15)22)14-5-2-1-3-6-14;/h1-3,5-6,12-13,15H,4,7-11,18H2,(H,19,21);1H. The van der Waals surface area contributed by atoms with Gasteiger partial charge in [-0.15, -0.1) is 12.4 Å². The maximum atomic E-state index is 12.6. The van der Waals surface area contributed by atoms with Crippen molar-refractivity contribution >= 4 is 29.9 Å². The van der Waals surface area contributed by atoms with Crippen LogP contribution >= 0.6 is 12.4 Å². The molecule has 0 bridgehead atoms. The summed E-state index contributed by atoms with van der Waals surface area (Å²) in [5.41, 5.74) is 6.76. The largest absolute Gasteiger partial charge is 0.344 e. The summed E-state index contributed by atoms with van der Waals surface area (Å²) in [6.45, 7) is 0.712. The number of nitrogens with one attached hydrogen (secondary N) is 1. The first-order valence-corrected chi connectivity index (χ1v) is 8.07. The van der Waals surface area contributed by atoms with E-state index in [0.717, 1.165) is 31.4 Å². The highest BCUT2D eigenvalue weighted by atomic mass is 35.5. The van der Waals surface area contributed by atoms with Gasteiger partial charge in [-0.25, -0.2) is 0 Å². The number of para-hydroxylation sites is 1. The Kier molecular flexibility index (Phi) is 6.02. The number of anilines is 1. The van der Waals surface area contributed by atoms with E-state index < -0.39 is 6.04 Å². The number of benzene rings is 1. The Morgan fingerprint density at radius 3 is 2.57 bits per heavy atom. The third kappa shape index (κ3) is 4.03. The van der Waals surface area contributed by atoms with Crippen LogP contribution in [0.2, 0.25) is 0 Å². The summed E-state index contributed by atoms with van der Waals surface area (Å²) in [6, 6.07) is 9.35. The fourth-order valence-electron chi connectivity index (χ4n) is 3.42. The second-order valence-corrected chi connectivity index (χ2v) is 6.30. The summed E-state index contributed by atoms with van der Waals surface area (Å²) in [5.74, 6) is -0.0517. The molecular formula is C17H24ClN3O2. The Balaban J connectivity index is 0.00000192. The zero-order chi connectivity index (χ0) is 15.5. The summed E-state index contributed by atoms with van der Waals surface area (Å²) in [7, 11) is 0. The number of carbonyl (C=O) groups is 2. The molecule has 2 amide bonds. The lowest BCUT2D eigenvalue weighted by atomic mass is 10.0. The SMILES string of the molecule is Cl.NC1CCC(C(=O)NC2CCCN(c3ccccc3)C2=O)C1. The first-order valence-electron chi connectivity index (χ1n) is 8.07. The minimum absolute atomic E-state index is 0. The Labute approximate surface area is 143 Å². The second kappa shape index (κ2) is 7.79. The van der Waals surface area contributed by atoms with Gasteiger partial charge in [0.25, 0.3) is 0 Å². The molecular weight excluding hydrogens is 314 g/mol. The molecule has 0 spiro atoms. The van der Waals surface area contributed by atoms with Crippen molar-refractivity contribution in [2.45, 2.75) is 44.2 Å². The molecule has 5 nitrogen and oxygen atoms in total. The van der Waals surface area contributed by atoms with Crippen LogP contribution < -0.4 is 16.0 Å². The molecule has 1 heterocycles. The van der Waals surface area contributed by atoms with Crippen molar-refractivity contribution in [1.82, 2.24) is 5.32 Å². The molecule has 1 saturated heterocycles. The second-order valence-electron chi connectivity index (χ2n) is 6.30. The molecule has 3 N–H and O–H groups in total. The summed E-state index contributed by atoms with van der Waals surface area (Å²) < 4.78 is 0. The van der Waals surface area contributed by atoms with E-state index in [1.165, 1.54) is 0 Å². The molecule has 2 fully saturated rings. The number of nitrogens with two attached hydrogens (primary N) is 1. The van der Waals surface area contributed by atoms with Gasteiger partial charge in [-0.1, -0.05) is 18.2 Å². The highest BCUT2D eigenvalue weighted by molar-refractivity contribution is 6.00. The highest BCUT2D eigenvalue weighted by Gasteiger charge is 2.34. The van der Waals surface area contributed by atoms with E-state index in [0.29, 0.717) is 13.0 Å². The van der Waals surface area contributed by atoms with E-state index in [1.54, 1.807) is 4.90 Å². The lowest BCUT2D eigenvalue weighted by Gasteiger charge is -2.33. The summed E-state index contributed by atoms with van der Waals surface area (Å²) in [5, 5.41) is 2.95. The van der Waals surface area contributed by atoms with Crippen LogP contribution in [-0.2, 0) is 9.59 Å². The van der Waals surface area contributed by atoms with Gasteiger partial charge in [0.15, 0.2) is 0 Å². The monoisotopic (exact) mass is 337 g/mol. The summed E-state index contributed by atoms with van der Waals surface area (Å²) in [4.78, 5) is 26.7. The predicted molar refractivity (Wildman–Crippen MR) is 92.5 cm³/mol. The molecule has 126 valence electrons. The van der Waals surface area contributed by atoms with Crippen LogP contribution in [0.15, 0.2) is 30.3 Å². The van der Waals surface area contributed by atoms with Gasteiger partial charge in [-0.2, -0.15) is 0 Å². The normalized spacial score (nSPS) is 27.4. The maximum absolute atomic E-state index is 12.6. The van der Waals surface area contributed by atoms with Gasteiger partial charge in [0.1, 0.15) is 6.04 Å². The zero-order valence-electron chi connectivity index (χ0n) is 13.1. The lowest BCUT2D eigenvalue weighted by molar-refractivity contribution is -0.130. The molecule has 3 unspecified atom stereocenters. The van der Waals surface area contributed by atoms with Crippen LogP contribution in [0.25, 0.3) is 0 Å². The number of hydrogen-bond acceptors (Lipinski definition) is 3. The van der Waals surface area contributed by atoms with Crippen LogP contribution in [-0.4, -0.2) is 30.4 Å². The summed E-state index contributed by atoms with van der Waals surface area (Å²) >= 11 is 0. The van der Waals surface area contributed by atoms with Crippen molar-refractivity contribution in [2.24, 2.45) is 11.7 Å². The Morgan fingerprint density at radius 1 is 1.17 bits per heavy atom. The van der Waals surface area contributed by atoms with Crippen molar-refractivity contribution < 1.29 is 9.59 Å². The van der Waals surface area contributed by atoms with Gasteiger partial charge in [-0.05, 0) is 44.2 Å². The van der Waals surface area contributed by atoms with Gasteiger partial charge < -0.3 is 16.0 Å². The molecule has 3 rings (SSSR count). The Hall–Kier alpha value is -1.59. The number of hydrogen-bond donors (Lipinski definition) is 2. The smallest absolute Gasteiger partial charge is 0.249 e. The van der Waals surface area contributed by atoms with Gasteiger partial charge in [0.05, 0.1) is 0 Å². The fourth-order valence-corrected chi connectivity index (χ4v) is 3.42. The number of piperidine rings is 1. The van der Waals surface area contributed by atoms with E-state index in [1.807, 2.05) is 30.3 Å². The molecule has 0 radical (unpaired) electrons. The number of amides is 2. The van der Waals surface area contributed by atoms with E-state index >= 15 is 0 Å². The van der Waals surface area contributed by atoms with Crippen LogP contribution in [0.5, 0.6) is 0 Å². The zero-order valence-corrected chi connectivity index (χ0v) is 13.9. The first kappa shape index (κ1) is 17.8. The molecule has 3 atom stereocenters. The van der Waals surface area contributed by atoms with Gasteiger partial charge in [-0.3, -0.25) is 9.59 Å². The van der Waals surface area contributed by atoms with E-state index in [4.69, 9.17) is 5.73 Å². The van der Waals surface area contributed by atoms with E-state index in [2.05, 4.69) is 5.32 Å². The van der Waals surface area contributed by atoms with Crippen molar-refractivity contribution in [3.63, 3.8) is 0 Å². The molecule has 1 aromatic carbocycles. The number of halogens is 1. The molecule has 1 aliphatic carbocycles. The fraction of sp³-hybridized carbons (Fsp3) is 0.529. The van der Waals surface area contributed by atoms with E-state index in [9.17, 15) is 9.59 Å². The van der Waals surface area contributed by atoms with Crippen molar-refractivity contribution in [3.05, 3.63) is 30.3 Å². The summed E-state index contributed by atoms with van der Waals surface area (Å²) in [6.07, 6.45) is 4.07. The van der Waals surface area contributed by atoms with Crippen LogP contribution in [0.4, 0.5) is 5.69 Å². The Bertz CT molecular complexity index is 552. The number of rotatable bonds is 3. The van der Waals surface area contributed by atoms with E-state index in [-0.39, 0.29) is 36.2 Å². The first-order chi connectivity index (χ1) is 10.6. The quantitative estimate of drug-likeness (QED) is 0.883. The molecule has 1 aliphatic heterocycles. The number of carbonyl (C=O) groups excluding carboxylic acids is 2. The molecule has 2 aliphatic rings. The molecule has 23 heavy (non-hydrogen) atoms. The highest BCUT2D eigenvalue weighted by Crippen LogP contribution is 2.25. The molecule has 1 aromatic rings. The van der Waals surface area contributed by atoms with Crippen molar-refractivity contribution in [1.29, 1.82) is 0 Å². The van der Waals surface area contributed by atoms with Crippen molar-refractivity contribution in [2.75, 3.05) is 11.4 Å². The minimum atomic E-state index is -0.404. The lowest BCUT2D eigenvalue weighted by Crippen LogP contribution is -2.53. The Morgan fingerprint density at radius 2 is 1.91 bits per heavy atom. The third-order valence-corrected chi connectivity index (χ3v) is 4.67.